The van der Waals surface area contributed by atoms with E-state index in [1.54, 1.807) is 0 Å². The highest BCUT2D eigenvalue weighted by Gasteiger charge is 2.33. The van der Waals surface area contributed by atoms with E-state index in [0.717, 1.165) is 26.0 Å². The molecule has 106 valence electrons. The van der Waals surface area contributed by atoms with Gasteiger partial charge in [-0.25, -0.2) is 0 Å². The zero-order chi connectivity index (χ0) is 13.6. The predicted octanol–water partition coefficient (Wildman–Crippen LogP) is 2.89. The molecular formula is C16H26N2O. The summed E-state index contributed by atoms with van der Waals surface area (Å²) in [5, 5.41) is 0. The number of fused-ring (bicyclic) bond motifs is 1. The number of ether oxygens (including phenoxy) is 1. The van der Waals surface area contributed by atoms with Gasteiger partial charge in [-0.1, -0.05) is 13.8 Å². The number of hydrogen-bond acceptors (Lipinski definition) is 2. The zero-order valence-corrected chi connectivity index (χ0v) is 12.4. The smallest absolute Gasteiger partial charge is 0.0593 e. The predicted molar refractivity (Wildman–Crippen MR) is 77.0 cm³/mol. The lowest BCUT2D eigenvalue weighted by molar-refractivity contribution is 0.101. The molecule has 1 aliphatic heterocycles. The van der Waals surface area contributed by atoms with Crippen molar-refractivity contribution in [3.05, 3.63) is 23.5 Å². The van der Waals surface area contributed by atoms with Crippen molar-refractivity contribution in [2.45, 2.75) is 58.7 Å². The molecule has 1 fully saturated rings. The maximum absolute atomic E-state index is 6.33. The first kappa shape index (κ1) is 13.2. The average molecular weight is 262 g/mol. The Balaban J connectivity index is 1.84. The van der Waals surface area contributed by atoms with Gasteiger partial charge in [0.1, 0.15) is 0 Å². The van der Waals surface area contributed by atoms with Crippen LogP contribution in [-0.4, -0.2) is 17.3 Å². The minimum Gasteiger partial charge on any atom is -0.378 e. The van der Waals surface area contributed by atoms with Crippen LogP contribution in [0, 0.1) is 11.3 Å². The first-order valence-corrected chi connectivity index (χ1v) is 7.51. The molecule has 3 nitrogen and oxygen atoms in total. The van der Waals surface area contributed by atoms with Crippen molar-refractivity contribution in [1.82, 2.24) is 4.57 Å². The first-order chi connectivity index (χ1) is 8.96. The van der Waals surface area contributed by atoms with Gasteiger partial charge in [0.25, 0.3) is 0 Å². The molecule has 3 unspecified atom stereocenters. The summed E-state index contributed by atoms with van der Waals surface area (Å²) < 4.78 is 8.12. The molecule has 0 bridgehead atoms. The average Bonchev–Trinajstić information content (AvgIpc) is 2.87. The van der Waals surface area contributed by atoms with Gasteiger partial charge >= 0.3 is 0 Å². The van der Waals surface area contributed by atoms with Crippen molar-refractivity contribution in [3.8, 4) is 0 Å². The van der Waals surface area contributed by atoms with Crippen LogP contribution in [0.5, 0.6) is 0 Å². The fraction of sp³-hybridized carbons (Fsp3) is 0.750. The second-order valence-corrected chi connectivity index (χ2v) is 7.15. The van der Waals surface area contributed by atoms with Gasteiger partial charge in [0.05, 0.1) is 6.10 Å². The number of hydrogen-bond donors (Lipinski definition) is 1. The molecule has 3 heteroatoms. The summed E-state index contributed by atoms with van der Waals surface area (Å²) in [4.78, 5) is 0. The largest absolute Gasteiger partial charge is 0.378 e. The van der Waals surface area contributed by atoms with E-state index in [0.29, 0.717) is 17.4 Å². The summed E-state index contributed by atoms with van der Waals surface area (Å²) in [6, 6.07) is 2.44. The van der Waals surface area contributed by atoms with E-state index >= 15 is 0 Å². The SMILES string of the molecule is CC1OCCC1Cn1ccc2c1CC(C)(C)CC2N. The fourth-order valence-electron chi connectivity index (χ4n) is 3.73. The summed E-state index contributed by atoms with van der Waals surface area (Å²) in [5.74, 6) is 0.651. The third-order valence-corrected chi connectivity index (χ3v) is 4.90. The minimum absolute atomic E-state index is 0.206. The van der Waals surface area contributed by atoms with E-state index < -0.39 is 0 Å². The number of rotatable bonds is 2. The van der Waals surface area contributed by atoms with Gasteiger partial charge in [0.15, 0.2) is 0 Å². The summed E-state index contributed by atoms with van der Waals surface area (Å²) in [5.41, 5.74) is 9.48. The van der Waals surface area contributed by atoms with Crippen LogP contribution in [0.3, 0.4) is 0 Å². The van der Waals surface area contributed by atoms with E-state index in [4.69, 9.17) is 10.5 Å². The van der Waals surface area contributed by atoms with Crippen molar-refractivity contribution in [2.75, 3.05) is 6.61 Å². The lowest BCUT2D eigenvalue weighted by atomic mass is 9.74. The van der Waals surface area contributed by atoms with E-state index in [2.05, 4.69) is 37.6 Å². The van der Waals surface area contributed by atoms with Gasteiger partial charge in [0, 0.05) is 37.0 Å². The maximum atomic E-state index is 6.33. The van der Waals surface area contributed by atoms with Crippen LogP contribution in [-0.2, 0) is 17.7 Å². The van der Waals surface area contributed by atoms with Gasteiger partial charge in [-0.05, 0) is 43.2 Å². The molecule has 2 N–H and O–H groups in total. The van der Waals surface area contributed by atoms with Crippen molar-refractivity contribution in [3.63, 3.8) is 0 Å². The van der Waals surface area contributed by atoms with Crippen LogP contribution in [0.1, 0.15) is 50.9 Å². The van der Waals surface area contributed by atoms with Gasteiger partial charge in [-0.15, -0.1) is 0 Å². The van der Waals surface area contributed by atoms with Gasteiger partial charge in [-0.2, -0.15) is 0 Å². The quantitative estimate of drug-likeness (QED) is 0.890. The second kappa shape index (κ2) is 4.64. The molecule has 2 heterocycles. The molecule has 19 heavy (non-hydrogen) atoms. The van der Waals surface area contributed by atoms with Crippen LogP contribution >= 0.6 is 0 Å². The highest BCUT2D eigenvalue weighted by atomic mass is 16.5. The number of nitrogens with two attached hydrogens (primary N) is 1. The minimum atomic E-state index is 0.206. The Morgan fingerprint density at radius 3 is 2.95 bits per heavy atom. The van der Waals surface area contributed by atoms with Gasteiger partial charge < -0.3 is 15.0 Å². The molecule has 0 spiro atoms. The summed E-state index contributed by atoms with van der Waals surface area (Å²) in [6.45, 7) is 8.85. The van der Waals surface area contributed by atoms with E-state index in [9.17, 15) is 0 Å². The molecule has 1 aromatic rings. The first-order valence-electron chi connectivity index (χ1n) is 7.51. The normalized spacial score (nSPS) is 33.4. The van der Waals surface area contributed by atoms with Crippen LogP contribution in [0.25, 0.3) is 0 Å². The van der Waals surface area contributed by atoms with Crippen molar-refractivity contribution in [1.29, 1.82) is 0 Å². The van der Waals surface area contributed by atoms with Crippen LogP contribution < -0.4 is 5.73 Å². The second-order valence-electron chi connectivity index (χ2n) is 7.15. The van der Waals surface area contributed by atoms with Crippen molar-refractivity contribution in [2.24, 2.45) is 17.1 Å². The van der Waals surface area contributed by atoms with Gasteiger partial charge in [0.2, 0.25) is 0 Å². The molecule has 1 saturated heterocycles. The lowest BCUT2D eigenvalue weighted by Crippen LogP contribution is -2.31. The Bertz CT molecular complexity index is 463. The molecule has 2 aliphatic rings. The van der Waals surface area contributed by atoms with E-state index in [1.165, 1.54) is 17.7 Å². The Labute approximate surface area is 116 Å². The van der Waals surface area contributed by atoms with E-state index in [-0.39, 0.29) is 6.04 Å². The molecule has 1 aliphatic carbocycles. The fourth-order valence-corrected chi connectivity index (χ4v) is 3.73. The van der Waals surface area contributed by atoms with Crippen LogP contribution in [0.2, 0.25) is 0 Å². The highest BCUT2D eigenvalue weighted by molar-refractivity contribution is 5.30. The maximum Gasteiger partial charge on any atom is 0.0593 e. The third-order valence-electron chi connectivity index (χ3n) is 4.90. The molecule has 0 amide bonds. The van der Waals surface area contributed by atoms with Crippen LogP contribution in [0.4, 0.5) is 0 Å². The van der Waals surface area contributed by atoms with Crippen molar-refractivity contribution >= 4 is 0 Å². The molecule has 0 saturated carbocycles. The van der Waals surface area contributed by atoms with Crippen molar-refractivity contribution < 1.29 is 4.74 Å². The topological polar surface area (TPSA) is 40.2 Å². The lowest BCUT2D eigenvalue weighted by Gasteiger charge is -2.35. The monoisotopic (exact) mass is 262 g/mol. The number of nitrogens with zero attached hydrogens (tertiary/aromatic N) is 1. The molecule has 3 atom stereocenters. The summed E-state index contributed by atoms with van der Waals surface area (Å²) >= 11 is 0. The third kappa shape index (κ3) is 2.46. The zero-order valence-electron chi connectivity index (χ0n) is 12.4. The Morgan fingerprint density at radius 2 is 2.26 bits per heavy atom. The summed E-state index contributed by atoms with van der Waals surface area (Å²) in [7, 11) is 0. The molecule has 3 rings (SSSR count). The Kier molecular flexibility index (Phi) is 3.22. The Hall–Kier alpha value is -0.800. The standard InChI is InChI=1S/C16H26N2O/c1-11-12(5-7-19-11)10-18-6-4-13-14(17)8-16(2,3)9-15(13)18/h4,6,11-12,14H,5,7-10,17H2,1-3H3. The molecule has 0 aromatic carbocycles. The number of aromatic nitrogens is 1. The van der Waals surface area contributed by atoms with E-state index in [1.807, 2.05) is 0 Å². The summed E-state index contributed by atoms with van der Waals surface area (Å²) in [6.07, 6.45) is 6.04. The Morgan fingerprint density at radius 1 is 1.47 bits per heavy atom. The van der Waals surface area contributed by atoms with Gasteiger partial charge in [-0.3, -0.25) is 0 Å². The molecule has 1 aromatic heterocycles. The van der Waals surface area contributed by atoms with Crippen LogP contribution in [0.15, 0.2) is 12.3 Å². The highest BCUT2D eigenvalue weighted by Crippen LogP contribution is 2.40. The molecular weight excluding hydrogens is 236 g/mol. The molecule has 0 radical (unpaired) electrons.